The predicted molar refractivity (Wildman–Crippen MR) is 72.8 cm³/mol. The van der Waals surface area contributed by atoms with Gasteiger partial charge in [0.2, 0.25) is 5.91 Å². The van der Waals surface area contributed by atoms with Crippen molar-refractivity contribution in [1.82, 2.24) is 10.3 Å². The number of amides is 1. The standard InChI is InChI=1S/C13H20N4O/c1-3-14-13-8-12(4-6-15-13)17-7-5-11(9-17)16-10(2)18/h4,6,8,11H,3,5,7,9H2,1-2H3,(H,14,15)(H,16,18). The van der Waals surface area contributed by atoms with Crippen LogP contribution in [0.1, 0.15) is 20.3 Å². The molecule has 1 fully saturated rings. The minimum absolute atomic E-state index is 0.0462. The third kappa shape index (κ3) is 3.12. The Morgan fingerprint density at radius 1 is 1.61 bits per heavy atom. The van der Waals surface area contributed by atoms with Crippen LogP contribution in [0.2, 0.25) is 0 Å². The number of anilines is 2. The van der Waals surface area contributed by atoms with E-state index in [2.05, 4.69) is 33.5 Å². The Kier molecular flexibility index (Phi) is 4.02. The summed E-state index contributed by atoms with van der Waals surface area (Å²) >= 11 is 0. The molecule has 0 spiro atoms. The van der Waals surface area contributed by atoms with E-state index in [1.807, 2.05) is 12.3 Å². The number of carbonyl (C=O) groups is 1. The van der Waals surface area contributed by atoms with Gasteiger partial charge in [-0.25, -0.2) is 4.98 Å². The highest BCUT2D eigenvalue weighted by atomic mass is 16.1. The summed E-state index contributed by atoms with van der Waals surface area (Å²) in [6.07, 6.45) is 2.82. The SMILES string of the molecule is CCNc1cc(N2CCC(NC(C)=O)C2)ccn1. The topological polar surface area (TPSA) is 57.3 Å². The molecule has 0 saturated carbocycles. The van der Waals surface area contributed by atoms with Crippen LogP contribution in [-0.2, 0) is 4.79 Å². The molecule has 18 heavy (non-hydrogen) atoms. The molecule has 0 bridgehead atoms. The Balaban J connectivity index is 2.00. The van der Waals surface area contributed by atoms with Gasteiger partial charge in [0.1, 0.15) is 5.82 Å². The second-order valence-corrected chi connectivity index (χ2v) is 4.56. The predicted octanol–water partition coefficient (Wildman–Crippen LogP) is 1.23. The van der Waals surface area contributed by atoms with Gasteiger partial charge in [-0.2, -0.15) is 0 Å². The van der Waals surface area contributed by atoms with Crippen LogP contribution in [-0.4, -0.2) is 36.6 Å². The van der Waals surface area contributed by atoms with Crippen molar-refractivity contribution in [3.05, 3.63) is 18.3 Å². The van der Waals surface area contributed by atoms with Crippen LogP contribution >= 0.6 is 0 Å². The molecule has 5 heteroatoms. The highest BCUT2D eigenvalue weighted by Crippen LogP contribution is 2.22. The summed E-state index contributed by atoms with van der Waals surface area (Å²) in [7, 11) is 0. The van der Waals surface area contributed by atoms with E-state index in [0.717, 1.165) is 37.6 Å². The van der Waals surface area contributed by atoms with E-state index in [9.17, 15) is 4.79 Å². The number of rotatable bonds is 4. The number of pyridine rings is 1. The van der Waals surface area contributed by atoms with Crippen LogP contribution in [0.25, 0.3) is 0 Å². The maximum absolute atomic E-state index is 11.0. The summed E-state index contributed by atoms with van der Waals surface area (Å²) < 4.78 is 0. The first-order valence-corrected chi connectivity index (χ1v) is 6.41. The zero-order valence-corrected chi connectivity index (χ0v) is 10.9. The van der Waals surface area contributed by atoms with Gasteiger partial charge in [-0.15, -0.1) is 0 Å². The number of nitrogens with zero attached hydrogens (tertiary/aromatic N) is 2. The fraction of sp³-hybridized carbons (Fsp3) is 0.538. The molecule has 1 amide bonds. The highest BCUT2D eigenvalue weighted by molar-refractivity contribution is 5.73. The Morgan fingerprint density at radius 3 is 3.17 bits per heavy atom. The van der Waals surface area contributed by atoms with Gasteiger partial charge in [-0.3, -0.25) is 4.79 Å². The van der Waals surface area contributed by atoms with Gasteiger partial charge in [0.05, 0.1) is 0 Å². The first kappa shape index (κ1) is 12.7. The summed E-state index contributed by atoms with van der Waals surface area (Å²) in [5.74, 6) is 0.947. The van der Waals surface area contributed by atoms with Crippen molar-refractivity contribution in [1.29, 1.82) is 0 Å². The van der Waals surface area contributed by atoms with Gasteiger partial charge in [0, 0.05) is 50.6 Å². The third-order valence-electron chi connectivity index (χ3n) is 3.06. The first-order valence-electron chi connectivity index (χ1n) is 6.41. The average Bonchev–Trinajstić information content (AvgIpc) is 2.77. The molecular formula is C13H20N4O. The van der Waals surface area contributed by atoms with Gasteiger partial charge >= 0.3 is 0 Å². The fourth-order valence-corrected chi connectivity index (χ4v) is 2.29. The molecule has 0 radical (unpaired) electrons. The van der Waals surface area contributed by atoms with Crippen LogP contribution in [0.5, 0.6) is 0 Å². The van der Waals surface area contributed by atoms with Gasteiger partial charge in [0.25, 0.3) is 0 Å². The molecule has 0 aliphatic carbocycles. The second-order valence-electron chi connectivity index (χ2n) is 4.56. The van der Waals surface area contributed by atoms with Crippen LogP contribution in [0.4, 0.5) is 11.5 Å². The molecule has 1 aliphatic heterocycles. The van der Waals surface area contributed by atoms with Crippen molar-refractivity contribution < 1.29 is 4.79 Å². The van der Waals surface area contributed by atoms with Crippen molar-refractivity contribution in [3.63, 3.8) is 0 Å². The molecule has 2 heterocycles. The Hall–Kier alpha value is -1.78. The minimum atomic E-state index is 0.0462. The fourth-order valence-electron chi connectivity index (χ4n) is 2.29. The first-order chi connectivity index (χ1) is 8.69. The molecule has 0 aromatic carbocycles. The van der Waals surface area contributed by atoms with Crippen LogP contribution < -0.4 is 15.5 Å². The molecule has 1 unspecified atom stereocenters. The molecular weight excluding hydrogens is 228 g/mol. The Morgan fingerprint density at radius 2 is 2.44 bits per heavy atom. The Labute approximate surface area is 108 Å². The minimum Gasteiger partial charge on any atom is -0.370 e. The summed E-state index contributed by atoms with van der Waals surface area (Å²) in [6, 6.07) is 4.33. The summed E-state index contributed by atoms with van der Waals surface area (Å²) in [5, 5.41) is 6.18. The maximum atomic E-state index is 11.0. The lowest BCUT2D eigenvalue weighted by Gasteiger charge is -2.19. The zero-order valence-electron chi connectivity index (χ0n) is 10.9. The maximum Gasteiger partial charge on any atom is 0.217 e. The quantitative estimate of drug-likeness (QED) is 0.841. The van der Waals surface area contributed by atoms with Crippen LogP contribution in [0, 0.1) is 0 Å². The highest BCUT2D eigenvalue weighted by Gasteiger charge is 2.23. The zero-order chi connectivity index (χ0) is 13.0. The monoisotopic (exact) mass is 248 g/mol. The van der Waals surface area contributed by atoms with E-state index < -0.39 is 0 Å². The summed E-state index contributed by atoms with van der Waals surface area (Å²) in [6.45, 7) is 6.33. The number of carbonyl (C=O) groups excluding carboxylic acids is 1. The number of hydrogen-bond donors (Lipinski definition) is 2. The number of aromatic nitrogens is 1. The molecule has 1 aromatic heterocycles. The van der Waals surface area contributed by atoms with Crippen molar-refractivity contribution in [3.8, 4) is 0 Å². The van der Waals surface area contributed by atoms with Crippen LogP contribution in [0.3, 0.4) is 0 Å². The lowest BCUT2D eigenvalue weighted by Crippen LogP contribution is -2.35. The molecule has 1 aliphatic rings. The molecule has 2 rings (SSSR count). The molecule has 1 atom stereocenters. The second kappa shape index (κ2) is 5.71. The van der Waals surface area contributed by atoms with E-state index in [4.69, 9.17) is 0 Å². The van der Waals surface area contributed by atoms with Gasteiger partial charge in [-0.1, -0.05) is 0 Å². The van der Waals surface area contributed by atoms with E-state index >= 15 is 0 Å². The van der Waals surface area contributed by atoms with Crippen molar-refractivity contribution >= 4 is 17.4 Å². The van der Waals surface area contributed by atoms with Gasteiger partial charge in [0.15, 0.2) is 0 Å². The summed E-state index contributed by atoms with van der Waals surface area (Å²) in [5.41, 5.74) is 1.16. The largest absolute Gasteiger partial charge is 0.370 e. The van der Waals surface area contributed by atoms with Crippen LogP contribution in [0.15, 0.2) is 18.3 Å². The number of hydrogen-bond acceptors (Lipinski definition) is 4. The van der Waals surface area contributed by atoms with E-state index in [0.29, 0.717) is 0 Å². The Bertz CT molecular complexity index is 421. The molecule has 2 N–H and O–H groups in total. The van der Waals surface area contributed by atoms with Gasteiger partial charge < -0.3 is 15.5 Å². The molecule has 1 saturated heterocycles. The van der Waals surface area contributed by atoms with Gasteiger partial charge in [-0.05, 0) is 19.4 Å². The van der Waals surface area contributed by atoms with E-state index in [1.54, 1.807) is 6.92 Å². The lowest BCUT2D eigenvalue weighted by molar-refractivity contribution is -0.119. The van der Waals surface area contributed by atoms with Crippen molar-refractivity contribution in [2.45, 2.75) is 26.3 Å². The normalized spacial score (nSPS) is 18.8. The lowest BCUT2D eigenvalue weighted by atomic mass is 10.2. The molecule has 5 nitrogen and oxygen atoms in total. The molecule has 98 valence electrons. The van der Waals surface area contributed by atoms with Crippen molar-refractivity contribution in [2.24, 2.45) is 0 Å². The van der Waals surface area contributed by atoms with Crippen molar-refractivity contribution in [2.75, 3.05) is 29.9 Å². The summed E-state index contributed by atoms with van der Waals surface area (Å²) in [4.78, 5) is 17.6. The van der Waals surface area contributed by atoms with E-state index in [1.165, 1.54) is 0 Å². The number of nitrogens with one attached hydrogen (secondary N) is 2. The van der Waals surface area contributed by atoms with E-state index in [-0.39, 0.29) is 11.9 Å². The molecule has 1 aromatic rings. The third-order valence-corrected chi connectivity index (χ3v) is 3.06. The average molecular weight is 248 g/mol. The smallest absolute Gasteiger partial charge is 0.217 e.